The summed E-state index contributed by atoms with van der Waals surface area (Å²) in [6.45, 7) is 2.38. The van der Waals surface area contributed by atoms with Crippen molar-refractivity contribution in [1.29, 1.82) is 0 Å². The number of piperidine rings is 1. The molecule has 1 aromatic heterocycles. The van der Waals surface area contributed by atoms with Gasteiger partial charge in [0.25, 0.3) is 5.56 Å². The van der Waals surface area contributed by atoms with Crippen LogP contribution in [0.25, 0.3) is 0 Å². The van der Waals surface area contributed by atoms with Crippen LogP contribution in [0.15, 0.2) is 46.2 Å². The quantitative estimate of drug-likeness (QED) is 0.840. The van der Waals surface area contributed by atoms with E-state index in [-0.39, 0.29) is 16.4 Å². The Hall–Kier alpha value is -1.99. The van der Waals surface area contributed by atoms with Crippen molar-refractivity contribution in [3.8, 4) is 0 Å². The third kappa shape index (κ3) is 3.52. The fourth-order valence-electron chi connectivity index (χ4n) is 3.24. The SMILES string of the molecule is Cc1ccc(F)cc1S(=O)(=O)N1CCC(c2ccn(C)c(=O)c2)CC1. The highest BCUT2D eigenvalue weighted by Crippen LogP contribution is 2.31. The van der Waals surface area contributed by atoms with Crippen molar-refractivity contribution in [2.75, 3.05) is 13.1 Å². The molecule has 0 bridgehead atoms. The molecule has 1 fully saturated rings. The second-order valence-electron chi connectivity index (χ2n) is 6.50. The van der Waals surface area contributed by atoms with Crippen LogP contribution in [-0.4, -0.2) is 30.4 Å². The first-order valence-electron chi connectivity index (χ1n) is 8.22. The summed E-state index contributed by atoms with van der Waals surface area (Å²) in [5.41, 5.74) is 1.42. The Morgan fingerprint density at radius 3 is 2.44 bits per heavy atom. The summed E-state index contributed by atoms with van der Waals surface area (Å²) < 4.78 is 42.0. The smallest absolute Gasteiger partial charge is 0.250 e. The lowest BCUT2D eigenvalue weighted by Crippen LogP contribution is -2.38. The maximum absolute atomic E-state index is 13.5. The van der Waals surface area contributed by atoms with Crippen LogP contribution < -0.4 is 5.56 Å². The van der Waals surface area contributed by atoms with Crippen molar-refractivity contribution < 1.29 is 12.8 Å². The number of benzene rings is 1. The first-order chi connectivity index (χ1) is 11.8. The molecule has 3 rings (SSSR count). The molecule has 2 heterocycles. The van der Waals surface area contributed by atoms with E-state index in [1.54, 1.807) is 26.2 Å². The molecule has 0 N–H and O–H groups in total. The topological polar surface area (TPSA) is 59.4 Å². The maximum atomic E-state index is 13.5. The van der Waals surface area contributed by atoms with E-state index in [1.165, 1.54) is 21.0 Å². The molecule has 0 saturated carbocycles. The van der Waals surface area contributed by atoms with E-state index in [4.69, 9.17) is 0 Å². The average molecular weight is 364 g/mol. The van der Waals surface area contributed by atoms with Crippen LogP contribution >= 0.6 is 0 Å². The minimum Gasteiger partial charge on any atom is -0.319 e. The van der Waals surface area contributed by atoms with Gasteiger partial charge in [0.05, 0.1) is 4.90 Å². The first-order valence-corrected chi connectivity index (χ1v) is 9.66. The van der Waals surface area contributed by atoms with Crippen molar-refractivity contribution in [1.82, 2.24) is 8.87 Å². The van der Waals surface area contributed by atoms with Gasteiger partial charge < -0.3 is 4.57 Å². The molecule has 0 unspecified atom stereocenters. The van der Waals surface area contributed by atoms with Crippen LogP contribution in [0.5, 0.6) is 0 Å². The van der Waals surface area contributed by atoms with Gasteiger partial charge in [-0.2, -0.15) is 4.31 Å². The van der Waals surface area contributed by atoms with Gasteiger partial charge in [-0.25, -0.2) is 12.8 Å². The molecule has 5 nitrogen and oxygen atoms in total. The number of nitrogens with zero attached hydrogens (tertiary/aromatic N) is 2. The molecule has 0 amide bonds. The van der Waals surface area contributed by atoms with E-state index in [0.717, 1.165) is 11.6 Å². The van der Waals surface area contributed by atoms with E-state index in [1.807, 2.05) is 6.07 Å². The first kappa shape index (κ1) is 17.8. The van der Waals surface area contributed by atoms with Crippen molar-refractivity contribution in [2.45, 2.75) is 30.6 Å². The second kappa shape index (κ2) is 6.72. The highest BCUT2D eigenvalue weighted by molar-refractivity contribution is 7.89. The van der Waals surface area contributed by atoms with E-state index < -0.39 is 15.8 Å². The number of hydrogen-bond donors (Lipinski definition) is 0. The molecule has 7 heteroatoms. The van der Waals surface area contributed by atoms with Crippen molar-refractivity contribution in [2.24, 2.45) is 7.05 Å². The standard InChI is InChI=1S/C18H21FN2O3S/c1-13-3-4-16(19)12-17(13)25(23,24)21-9-6-14(7-10-21)15-5-8-20(2)18(22)11-15/h3-5,8,11-12,14H,6-7,9-10H2,1-2H3. The van der Waals surface area contributed by atoms with Crippen LogP contribution in [0.1, 0.15) is 29.9 Å². The molecule has 0 aliphatic carbocycles. The van der Waals surface area contributed by atoms with Crippen molar-refractivity contribution in [3.63, 3.8) is 0 Å². The molecule has 25 heavy (non-hydrogen) atoms. The molecule has 134 valence electrons. The lowest BCUT2D eigenvalue weighted by atomic mass is 9.91. The zero-order chi connectivity index (χ0) is 18.2. The minimum atomic E-state index is -3.71. The number of aromatic nitrogens is 1. The Kier molecular flexibility index (Phi) is 4.79. The van der Waals surface area contributed by atoms with Crippen molar-refractivity contribution >= 4 is 10.0 Å². The summed E-state index contributed by atoms with van der Waals surface area (Å²) in [5.74, 6) is -0.395. The van der Waals surface area contributed by atoms with Gasteiger partial charge in [-0.1, -0.05) is 6.07 Å². The number of hydrogen-bond acceptors (Lipinski definition) is 3. The molecule has 1 aliphatic rings. The number of sulfonamides is 1. The van der Waals surface area contributed by atoms with Gasteiger partial charge in [0, 0.05) is 32.4 Å². The van der Waals surface area contributed by atoms with Crippen LogP contribution in [0.4, 0.5) is 4.39 Å². The van der Waals surface area contributed by atoms with Gasteiger partial charge in [0.1, 0.15) is 5.82 Å². The Labute approximate surface area is 146 Å². The lowest BCUT2D eigenvalue weighted by molar-refractivity contribution is 0.319. The highest BCUT2D eigenvalue weighted by atomic mass is 32.2. The summed E-state index contributed by atoms with van der Waals surface area (Å²) in [6.07, 6.45) is 3.01. The van der Waals surface area contributed by atoms with Gasteiger partial charge in [0.2, 0.25) is 10.0 Å². The normalized spacial score (nSPS) is 16.9. The third-order valence-electron chi connectivity index (χ3n) is 4.82. The van der Waals surface area contributed by atoms with Crippen LogP contribution in [0.3, 0.4) is 0 Å². The fourth-order valence-corrected chi connectivity index (χ4v) is 4.94. The van der Waals surface area contributed by atoms with Crippen LogP contribution in [0, 0.1) is 12.7 Å². The molecule has 0 atom stereocenters. The second-order valence-corrected chi connectivity index (χ2v) is 8.40. The Bertz CT molecular complexity index is 945. The Balaban J connectivity index is 1.78. The predicted molar refractivity (Wildman–Crippen MR) is 93.6 cm³/mol. The van der Waals surface area contributed by atoms with E-state index in [9.17, 15) is 17.6 Å². The maximum Gasteiger partial charge on any atom is 0.250 e. The third-order valence-corrected chi connectivity index (χ3v) is 6.86. The van der Waals surface area contributed by atoms with Crippen molar-refractivity contribution in [3.05, 3.63) is 63.8 Å². The number of halogens is 1. The fraction of sp³-hybridized carbons (Fsp3) is 0.389. The highest BCUT2D eigenvalue weighted by Gasteiger charge is 2.31. The Morgan fingerprint density at radius 2 is 1.80 bits per heavy atom. The van der Waals surface area contributed by atoms with E-state index in [0.29, 0.717) is 31.5 Å². The zero-order valence-corrected chi connectivity index (χ0v) is 15.1. The summed E-state index contributed by atoms with van der Waals surface area (Å²) in [4.78, 5) is 11.8. The molecule has 2 aromatic rings. The van der Waals surface area contributed by atoms with Crippen LogP contribution in [-0.2, 0) is 17.1 Å². The monoisotopic (exact) mass is 364 g/mol. The van der Waals surface area contributed by atoms with Gasteiger partial charge in [-0.05, 0) is 55.0 Å². The Morgan fingerprint density at radius 1 is 1.12 bits per heavy atom. The van der Waals surface area contributed by atoms with Gasteiger partial charge >= 0.3 is 0 Å². The number of pyridine rings is 1. The largest absolute Gasteiger partial charge is 0.319 e. The number of rotatable bonds is 3. The van der Waals surface area contributed by atoms with E-state index in [2.05, 4.69) is 0 Å². The van der Waals surface area contributed by atoms with Crippen LogP contribution in [0.2, 0.25) is 0 Å². The molecule has 0 spiro atoms. The average Bonchev–Trinajstić information content (AvgIpc) is 2.59. The molecule has 0 radical (unpaired) electrons. The summed E-state index contributed by atoms with van der Waals surface area (Å²) >= 11 is 0. The minimum absolute atomic E-state index is 0.0273. The van der Waals surface area contributed by atoms with Gasteiger partial charge in [-0.3, -0.25) is 4.79 Å². The predicted octanol–water partition coefficient (Wildman–Crippen LogP) is 2.40. The molecular formula is C18H21FN2O3S. The molecule has 1 aromatic carbocycles. The summed E-state index contributed by atoms with van der Waals surface area (Å²) in [6, 6.07) is 7.35. The van der Waals surface area contributed by atoms with Gasteiger partial charge in [-0.15, -0.1) is 0 Å². The summed E-state index contributed by atoms with van der Waals surface area (Å²) in [5, 5.41) is 0. The summed E-state index contributed by atoms with van der Waals surface area (Å²) in [7, 11) is -2.01. The molecular weight excluding hydrogens is 343 g/mol. The van der Waals surface area contributed by atoms with E-state index >= 15 is 0 Å². The molecule has 1 saturated heterocycles. The lowest BCUT2D eigenvalue weighted by Gasteiger charge is -2.31. The molecule has 1 aliphatic heterocycles. The zero-order valence-electron chi connectivity index (χ0n) is 14.3. The number of aryl methyl sites for hydroxylation is 2. The van der Waals surface area contributed by atoms with Gasteiger partial charge in [0.15, 0.2) is 0 Å².